The van der Waals surface area contributed by atoms with E-state index in [1.54, 1.807) is 0 Å². The summed E-state index contributed by atoms with van der Waals surface area (Å²) in [5.74, 6) is 0. The molecule has 0 aromatic carbocycles. The van der Waals surface area contributed by atoms with Crippen LogP contribution in [0.15, 0.2) is 36.5 Å². The Kier molecular flexibility index (Phi) is 6.25. The van der Waals surface area contributed by atoms with Crippen molar-refractivity contribution in [1.29, 1.82) is 0 Å². The summed E-state index contributed by atoms with van der Waals surface area (Å²) in [5, 5.41) is 0. The molecule has 0 saturated carbocycles. The third-order valence-corrected chi connectivity index (χ3v) is 1.68. The Hall–Kier alpha value is -0.820. The normalized spacial score (nSPS) is 11.1. The zero-order valence-corrected chi connectivity index (χ0v) is 9.14. The average Bonchev–Trinajstić information content (AvgIpc) is 2.01. The SMILES string of the molecule is C=C(C)/C=C\C(=C)CN(C)CCC. The molecule has 0 bridgehead atoms. The lowest BCUT2D eigenvalue weighted by molar-refractivity contribution is 0.365. The van der Waals surface area contributed by atoms with Crippen LogP contribution in [0.4, 0.5) is 0 Å². The van der Waals surface area contributed by atoms with Crippen molar-refractivity contribution in [3.05, 3.63) is 36.5 Å². The van der Waals surface area contributed by atoms with Crippen molar-refractivity contribution in [3.8, 4) is 0 Å². The second-order valence-electron chi connectivity index (χ2n) is 3.58. The molecule has 0 N–H and O–H groups in total. The number of rotatable bonds is 6. The van der Waals surface area contributed by atoms with Gasteiger partial charge in [0.2, 0.25) is 0 Å². The van der Waals surface area contributed by atoms with E-state index in [0.717, 1.165) is 24.2 Å². The highest BCUT2D eigenvalue weighted by Crippen LogP contribution is 2.00. The van der Waals surface area contributed by atoms with Crippen molar-refractivity contribution in [1.82, 2.24) is 4.90 Å². The van der Waals surface area contributed by atoms with Gasteiger partial charge in [-0.2, -0.15) is 0 Å². The molecule has 13 heavy (non-hydrogen) atoms. The number of allylic oxidation sites excluding steroid dienone is 2. The van der Waals surface area contributed by atoms with E-state index in [4.69, 9.17) is 0 Å². The Morgan fingerprint density at radius 2 is 1.92 bits per heavy atom. The lowest BCUT2D eigenvalue weighted by Crippen LogP contribution is -2.20. The molecule has 0 unspecified atom stereocenters. The maximum absolute atomic E-state index is 3.98. The van der Waals surface area contributed by atoms with Gasteiger partial charge < -0.3 is 4.90 Å². The van der Waals surface area contributed by atoms with E-state index in [0.29, 0.717) is 0 Å². The first kappa shape index (κ1) is 12.2. The highest BCUT2D eigenvalue weighted by atomic mass is 15.1. The van der Waals surface area contributed by atoms with Crippen molar-refractivity contribution < 1.29 is 0 Å². The molecule has 74 valence electrons. The molecule has 0 rings (SSSR count). The fourth-order valence-corrected chi connectivity index (χ4v) is 1.12. The second-order valence-corrected chi connectivity index (χ2v) is 3.58. The molecule has 0 aromatic rings. The van der Waals surface area contributed by atoms with Crippen LogP contribution < -0.4 is 0 Å². The van der Waals surface area contributed by atoms with Gasteiger partial charge in [-0.15, -0.1) is 0 Å². The van der Waals surface area contributed by atoms with Gasteiger partial charge in [0.25, 0.3) is 0 Å². The van der Waals surface area contributed by atoms with Gasteiger partial charge in [0.15, 0.2) is 0 Å². The molecule has 1 heteroatoms. The van der Waals surface area contributed by atoms with Gasteiger partial charge in [-0.05, 0) is 32.5 Å². The van der Waals surface area contributed by atoms with Crippen LogP contribution in [0.2, 0.25) is 0 Å². The van der Waals surface area contributed by atoms with Crippen LogP contribution in [0.3, 0.4) is 0 Å². The zero-order chi connectivity index (χ0) is 10.3. The molecule has 0 aromatic heterocycles. The quantitative estimate of drug-likeness (QED) is 0.566. The summed E-state index contributed by atoms with van der Waals surface area (Å²) in [7, 11) is 2.11. The number of nitrogens with zero attached hydrogens (tertiary/aromatic N) is 1. The van der Waals surface area contributed by atoms with E-state index in [1.165, 1.54) is 6.42 Å². The van der Waals surface area contributed by atoms with Gasteiger partial charge in [0, 0.05) is 6.54 Å². The molecule has 0 aliphatic carbocycles. The zero-order valence-electron chi connectivity index (χ0n) is 9.14. The monoisotopic (exact) mass is 179 g/mol. The summed E-state index contributed by atoms with van der Waals surface area (Å²) in [4.78, 5) is 2.27. The third-order valence-electron chi connectivity index (χ3n) is 1.68. The van der Waals surface area contributed by atoms with Crippen LogP contribution in [0.1, 0.15) is 20.3 Å². The second kappa shape index (κ2) is 6.67. The maximum Gasteiger partial charge on any atom is 0.0224 e. The molecule has 0 aliphatic heterocycles. The Labute approximate surface area is 82.4 Å². The van der Waals surface area contributed by atoms with Gasteiger partial charge in [-0.3, -0.25) is 0 Å². The number of hydrogen-bond acceptors (Lipinski definition) is 1. The Morgan fingerprint density at radius 1 is 1.31 bits per heavy atom. The summed E-state index contributed by atoms with van der Waals surface area (Å²) in [6.07, 6.45) is 5.23. The summed E-state index contributed by atoms with van der Waals surface area (Å²) in [6.45, 7) is 14.0. The van der Waals surface area contributed by atoms with Gasteiger partial charge >= 0.3 is 0 Å². The molecular weight excluding hydrogens is 158 g/mol. The highest BCUT2D eigenvalue weighted by Gasteiger charge is 1.96. The van der Waals surface area contributed by atoms with Crippen LogP contribution >= 0.6 is 0 Å². The lowest BCUT2D eigenvalue weighted by Gasteiger charge is -2.15. The number of likely N-dealkylation sites (N-methyl/N-ethyl adjacent to an activating group) is 1. The first-order valence-corrected chi connectivity index (χ1v) is 4.76. The molecule has 0 atom stereocenters. The van der Waals surface area contributed by atoms with Gasteiger partial charge in [0.1, 0.15) is 0 Å². The predicted molar refractivity (Wildman–Crippen MR) is 60.9 cm³/mol. The first-order valence-electron chi connectivity index (χ1n) is 4.76. The largest absolute Gasteiger partial charge is 0.302 e. The van der Waals surface area contributed by atoms with Crippen LogP contribution in [-0.2, 0) is 0 Å². The van der Waals surface area contributed by atoms with Crippen molar-refractivity contribution in [3.63, 3.8) is 0 Å². The standard InChI is InChI=1S/C12H21N/c1-6-9-13(5)10-12(4)8-7-11(2)3/h7-8H,2,4,6,9-10H2,1,3,5H3/b8-7-. The minimum absolute atomic E-state index is 0.942. The van der Waals surface area contributed by atoms with E-state index < -0.39 is 0 Å². The van der Waals surface area contributed by atoms with Gasteiger partial charge in [-0.25, -0.2) is 0 Å². The molecule has 0 heterocycles. The van der Waals surface area contributed by atoms with Crippen molar-refractivity contribution >= 4 is 0 Å². The summed E-state index contributed by atoms with van der Waals surface area (Å²) >= 11 is 0. The fraction of sp³-hybridized carbons (Fsp3) is 0.500. The van der Waals surface area contributed by atoms with E-state index in [1.807, 2.05) is 19.1 Å². The minimum Gasteiger partial charge on any atom is -0.302 e. The molecule has 0 radical (unpaired) electrons. The summed E-state index contributed by atoms with van der Waals surface area (Å²) < 4.78 is 0. The Balaban J connectivity index is 3.80. The van der Waals surface area contributed by atoms with E-state index in [2.05, 4.69) is 32.0 Å². The third kappa shape index (κ3) is 7.54. The molecule has 0 fully saturated rings. The average molecular weight is 179 g/mol. The van der Waals surface area contributed by atoms with Crippen LogP contribution in [0.5, 0.6) is 0 Å². The molecule has 0 aliphatic rings. The molecule has 0 saturated heterocycles. The van der Waals surface area contributed by atoms with E-state index in [9.17, 15) is 0 Å². The van der Waals surface area contributed by atoms with Crippen molar-refractivity contribution in [2.45, 2.75) is 20.3 Å². The van der Waals surface area contributed by atoms with Gasteiger partial charge in [0.05, 0.1) is 0 Å². The van der Waals surface area contributed by atoms with Crippen molar-refractivity contribution in [2.75, 3.05) is 20.1 Å². The molecule has 1 nitrogen and oxygen atoms in total. The molecule has 0 spiro atoms. The smallest absolute Gasteiger partial charge is 0.0224 e. The Morgan fingerprint density at radius 3 is 2.38 bits per heavy atom. The van der Waals surface area contributed by atoms with Crippen LogP contribution in [0.25, 0.3) is 0 Å². The van der Waals surface area contributed by atoms with Crippen LogP contribution in [-0.4, -0.2) is 25.0 Å². The highest BCUT2D eigenvalue weighted by molar-refractivity contribution is 5.23. The minimum atomic E-state index is 0.942. The predicted octanol–water partition coefficient (Wildman–Crippen LogP) is 3.02. The molecule has 0 amide bonds. The maximum atomic E-state index is 3.98. The van der Waals surface area contributed by atoms with E-state index >= 15 is 0 Å². The van der Waals surface area contributed by atoms with Gasteiger partial charge in [-0.1, -0.05) is 37.8 Å². The topological polar surface area (TPSA) is 3.24 Å². The van der Waals surface area contributed by atoms with Crippen molar-refractivity contribution in [2.24, 2.45) is 0 Å². The first-order chi connectivity index (χ1) is 6.06. The lowest BCUT2D eigenvalue weighted by atomic mass is 10.2. The summed E-state index contributed by atoms with van der Waals surface area (Å²) in [5.41, 5.74) is 2.21. The Bertz CT molecular complexity index is 201. The molecular formula is C12H21N. The van der Waals surface area contributed by atoms with E-state index in [-0.39, 0.29) is 0 Å². The summed E-state index contributed by atoms with van der Waals surface area (Å²) in [6, 6.07) is 0. The fourth-order valence-electron chi connectivity index (χ4n) is 1.12. The van der Waals surface area contributed by atoms with Crippen LogP contribution in [0, 0.1) is 0 Å². The number of hydrogen-bond donors (Lipinski definition) is 0.